The highest BCUT2D eigenvalue weighted by Crippen LogP contribution is 2.24. The van der Waals surface area contributed by atoms with Crippen LogP contribution in [0.4, 0.5) is 10.1 Å². The van der Waals surface area contributed by atoms with Gasteiger partial charge in [-0.1, -0.05) is 54.1 Å². The summed E-state index contributed by atoms with van der Waals surface area (Å²) in [4.78, 5) is 29.5. The molecule has 174 valence electrons. The number of nitrogens with one attached hydrogen (secondary N) is 1. The maximum absolute atomic E-state index is 13.4. The fourth-order valence-electron chi connectivity index (χ4n) is 3.88. The van der Waals surface area contributed by atoms with Crippen LogP contribution in [-0.4, -0.2) is 39.3 Å². The van der Waals surface area contributed by atoms with E-state index in [0.717, 1.165) is 11.1 Å². The van der Waals surface area contributed by atoms with Crippen LogP contribution in [0.5, 0.6) is 0 Å². The predicted molar refractivity (Wildman–Crippen MR) is 135 cm³/mol. The van der Waals surface area contributed by atoms with Gasteiger partial charge in [-0.2, -0.15) is 0 Å². The Balaban J connectivity index is 1.50. The molecule has 1 unspecified atom stereocenters. The van der Waals surface area contributed by atoms with Crippen molar-refractivity contribution in [3.05, 3.63) is 101 Å². The molecule has 2 amide bonds. The van der Waals surface area contributed by atoms with E-state index in [1.165, 1.54) is 24.3 Å². The van der Waals surface area contributed by atoms with E-state index in [0.29, 0.717) is 35.3 Å². The van der Waals surface area contributed by atoms with Gasteiger partial charge in [-0.3, -0.25) is 14.5 Å². The molecule has 3 aromatic carbocycles. The van der Waals surface area contributed by atoms with Gasteiger partial charge in [-0.25, -0.2) is 4.39 Å². The van der Waals surface area contributed by atoms with E-state index in [2.05, 4.69) is 5.32 Å². The van der Waals surface area contributed by atoms with E-state index in [1.54, 1.807) is 4.90 Å². The fourth-order valence-corrected chi connectivity index (χ4v) is 4.38. The van der Waals surface area contributed by atoms with E-state index in [1.807, 2.05) is 59.5 Å². The number of carbonyl (C=O) groups is 2. The van der Waals surface area contributed by atoms with Crippen LogP contribution >= 0.6 is 23.8 Å². The van der Waals surface area contributed by atoms with Gasteiger partial charge in [0.2, 0.25) is 5.91 Å². The van der Waals surface area contributed by atoms with Crippen molar-refractivity contribution in [2.24, 2.45) is 0 Å². The number of hydrogen-bond acceptors (Lipinski definition) is 3. The molecule has 5 nitrogen and oxygen atoms in total. The smallest absolute Gasteiger partial charge is 0.252 e. The van der Waals surface area contributed by atoms with Crippen molar-refractivity contribution in [2.75, 3.05) is 11.9 Å². The lowest BCUT2D eigenvalue weighted by Gasteiger charge is -2.24. The highest BCUT2D eigenvalue weighted by molar-refractivity contribution is 7.80. The quantitative estimate of drug-likeness (QED) is 0.444. The third kappa shape index (κ3) is 5.79. The molecular weight excluding hydrogens is 473 g/mol. The van der Waals surface area contributed by atoms with E-state index < -0.39 is 6.04 Å². The van der Waals surface area contributed by atoms with Gasteiger partial charge < -0.3 is 10.2 Å². The average Bonchev–Trinajstić information content (AvgIpc) is 3.04. The number of amides is 2. The van der Waals surface area contributed by atoms with Crippen LogP contribution in [0.15, 0.2) is 78.9 Å². The van der Waals surface area contributed by atoms with Gasteiger partial charge in [0.15, 0.2) is 5.11 Å². The van der Waals surface area contributed by atoms with Crippen LogP contribution in [0.1, 0.15) is 17.5 Å². The largest absolute Gasteiger partial charge is 0.336 e. The highest BCUT2D eigenvalue weighted by atomic mass is 35.5. The number of thiocarbonyl (C=S) groups is 1. The molecule has 1 heterocycles. The molecule has 0 saturated carbocycles. The lowest BCUT2D eigenvalue weighted by molar-refractivity contribution is -0.131. The second-order valence-electron chi connectivity index (χ2n) is 8.04. The van der Waals surface area contributed by atoms with Crippen LogP contribution < -0.4 is 5.32 Å². The Hall–Kier alpha value is -3.29. The highest BCUT2D eigenvalue weighted by Gasteiger charge is 2.43. The molecule has 0 spiro atoms. The zero-order valence-electron chi connectivity index (χ0n) is 18.3. The van der Waals surface area contributed by atoms with Crippen LogP contribution in [0.2, 0.25) is 5.02 Å². The minimum Gasteiger partial charge on any atom is -0.336 e. The Bertz CT molecular complexity index is 1170. The molecule has 0 bridgehead atoms. The zero-order chi connectivity index (χ0) is 24.1. The summed E-state index contributed by atoms with van der Waals surface area (Å²) in [5.74, 6) is -0.940. The van der Waals surface area contributed by atoms with E-state index in [-0.39, 0.29) is 24.1 Å². The number of carbonyl (C=O) groups excluding carboxylic acids is 2. The van der Waals surface area contributed by atoms with E-state index in [4.69, 9.17) is 23.8 Å². The van der Waals surface area contributed by atoms with Crippen molar-refractivity contribution < 1.29 is 14.0 Å². The predicted octanol–water partition coefficient (Wildman–Crippen LogP) is 5.05. The fraction of sp³-hybridized carbons (Fsp3) is 0.192. The number of hydrogen-bond donors (Lipinski definition) is 1. The summed E-state index contributed by atoms with van der Waals surface area (Å²) in [7, 11) is 0. The van der Waals surface area contributed by atoms with E-state index in [9.17, 15) is 14.0 Å². The van der Waals surface area contributed by atoms with Gasteiger partial charge in [0.05, 0.1) is 13.0 Å². The van der Waals surface area contributed by atoms with Crippen LogP contribution in [0.25, 0.3) is 0 Å². The van der Waals surface area contributed by atoms with Crippen LogP contribution in [0, 0.1) is 5.82 Å². The van der Waals surface area contributed by atoms with Crippen molar-refractivity contribution in [3.63, 3.8) is 0 Å². The SMILES string of the molecule is O=C(CC1C(=O)N(Cc2ccccc2)C(=S)N1CCc1ccc(Cl)cc1)Nc1ccc(F)cc1. The first kappa shape index (κ1) is 23.9. The third-order valence-corrected chi connectivity index (χ3v) is 6.36. The summed E-state index contributed by atoms with van der Waals surface area (Å²) in [5.41, 5.74) is 2.47. The summed E-state index contributed by atoms with van der Waals surface area (Å²) < 4.78 is 13.2. The standard InChI is InChI=1S/C26H23ClFN3O2S/c27-20-8-6-18(7-9-20)14-15-30-23(16-24(32)29-22-12-10-21(28)11-13-22)25(33)31(26(30)34)17-19-4-2-1-3-5-19/h1-13,23H,14-17H2,(H,29,32). The number of anilines is 1. The Kier molecular flexibility index (Phi) is 7.55. The third-order valence-electron chi connectivity index (χ3n) is 5.65. The van der Waals surface area contributed by atoms with Crippen LogP contribution in [-0.2, 0) is 22.6 Å². The summed E-state index contributed by atoms with van der Waals surface area (Å²) >= 11 is 11.7. The maximum Gasteiger partial charge on any atom is 0.252 e. The molecule has 8 heteroatoms. The molecule has 1 saturated heterocycles. The van der Waals surface area contributed by atoms with Crippen molar-refractivity contribution in [2.45, 2.75) is 25.4 Å². The van der Waals surface area contributed by atoms with Gasteiger partial charge in [0, 0.05) is 17.3 Å². The molecule has 1 N–H and O–H groups in total. The topological polar surface area (TPSA) is 52.7 Å². The van der Waals surface area contributed by atoms with Crippen molar-refractivity contribution >= 4 is 46.4 Å². The van der Waals surface area contributed by atoms with Gasteiger partial charge >= 0.3 is 0 Å². The minimum absolute atomic E-state index is 0.0672. The molecule has 0 aliphatic carbocycles. The lowest BCUT2D eigenvalue weighted by Crippen LogP contribution is -2.39. The molecule has 3 aromatic rings. The number of halogens is 2. The average molecular weight is 496 g/mol. The van der Waals surface area contributed by atoms with Crippen molar-refractivity contribution in [1.29, 1.82) is 0 Å². The summed E-state index contributed by atoms with van der Waals surface area (Å²) in [5, 5.41) is 3.79. The molecule has 4 rings (SSSR count). The first-order valence-corrected chi connectivity index (χ1v) is 11.6. The number of benzene rings is 3. The Morgan fingerprint density at radius 3 is 2.32 bits per heavy atom. The molecule has 1 fully saturated rings. The first-order chi connectivity index (χ1) is 16.4. The molecule has 1 aliphatic heterocycles. The molecular formula is C26H23ClFN3O2S. The van der Waals surface area contributed by atoms with Gasteiger partial charge in [0.25, 0.3) is 5.91 Å². The molecule has 0 radical (unpaired) electrons. The Morgan fingerprint density at radius 1 is 0.971 bits per heavy atom. The van der Waals surface area contributed by atoms with Crippen molar-refractivity contribution in [1.82, 2.24) is 9.80 Å². The minimum atomic E-state index is -0.719. The molecule has 0 aromatic heterocycles. The zero-order valence-corrected chi connectivity index (χ0v) is 19.9. The second kappa shape index (κ2) is 10.8. The number of rotatable bonds is 8. The maximum atomic E-state index is 13.4. The summed E-state index contributed by atoms with van der Waals surface area (Å²) in [6.07, 6.45) is 0.572. The molecule has 1 aliphatic rings. The summed E-state index contributed by atoms with van der Waals surface area (Å²) in [6, 6.07) is 21.9. The molecule has 34 heavy (non-hydrogen) atoms. The second-order valence-corrected chi connectivity index (χ2v) is 8.84. The lowest BCUT2D eigenvalue weighted by atomic mass is 10.1. The monoisotopic (exact) mass is 495 g/mol. The van der Waals surface area contributed by atoms with Gasteiger partial charge in [0.1, 0.15) is 11.9 Å². The van der Waals surface area contributed by atoms with Crippen LogP contribution in [0.3, 0.4) is 0 Å². The number of nitrogens with zero attached hydrogens (tertiary/aromatic N) is 2. The normalized spacial score (nSPS) is 15.6. The Morgan fingerprint density at radius 2 is 1.65 bits per heavy atom. The molecule has 1 atom stereocenters. The first-order valence-electron chi connectivity index (χ1n) is 10.9. The van der Waals surface area contributed by atoms with E-state index >= 15 is 0 Å². The van der Waals surface area contributed by atoms with Crippen molar-refractivity contribution in [3.8, 4) is 0 Å². The Labute approximate surface area is 208 Å². The summed E-state index contributed by atoms with van der Waals surface area (Å²) in [6.45, 7) is 0.817. The van der Waals surface area contributed by atoms with Gasteiger partial charge in [-0.05, 0) is 66.2 Å². The van der Waals surface area contributed by atoms with Gasteiger partial charge in [-0.15, -0.1) is 0 Å².